The van der Waals surface area contributed by atoms with Crippen LogP contribution in [0.3, 0.4) is 0 Å². The second-order valence-corrected chi connectivity index (χ2v) is 5.82. The number of halogens is 1. The molecule has 0 aliphatic heterocycles. The Bertz CT molecular complexity index is 301. The van der Waals surface area contributed by atoms with Crippen molar-refractivity contribution in [2.75, 3.05) is 12.5 Å². The molecule has 1 aliphatic carbocycles. The third-order valence-corrected chi connectivity index (χ3v) is 4.03. The summed E-state index contributed by atoms with van der Waals surface area (Å²) in [6.07, 6.45) is 6.74. The van der Waals surface area contributed by atoms with Gasteiger partial charge in [-0.15, -0.1) is 11.6 Å². The molecule has 116 valence electrons. The molecule has 1 amide bonds. The predicted molar refractivity (Wildman–Crippen MR) is 79.7 cm³/mol. The minimum absolute atomic E-state index is 0.0962. The van der Waals surface area contributed by atoms with Gasteiger partial charge in [-0.2, -0.15) is 0 Å². The number of carbonyl (C=O) groups excluding carboxylic acids is 2. The van der Waals surface area contributed by atoms with E-state index in [1.54, 1.807) is 0 Å². The Balaban J connectivity index is 2.15. The van der Waals surface area contributed by atoms with Gasteiger partial charge in [-0.3, -0.25) is 9.59 Å². The van der Waals surface area contributed by atoms with Crippen LogP contribution in [0.15, 0.2) is 0 Å². The summed E-state index contributed by atoms with van der Waals surface area (Å²) in [6, 6.07) is 0.275. The molecular formula is C15H26ClNO3. The first-order valence-corrected chi connectivity index (χ1v) is 8.20. The third-order valence-electron chi connectivity index (χ3n) is 3.76. The van der Waals surface area contributed by atoms with E-state index in [1.807, 2.05) is 6.92 Å². The number of hydrogen-bond donors (Lipinski definition) is 1. The molecule has 0 unspecified atom stereocenters. The number of nitrogens with one attached hydrogen (secondary N) is 1. The number of amides is 1. The van der Waals surface area contributed by atoms with Crippen molar-refractivity contribution >= 4 is 23.5 Å². The zero-order chi connectivity index (χ0) is 14.8. The average molecular weight is 304 g/mol. The van der Waals surface area contributed by atoms with Crippen LogP contribution in [0.5, 0.6) is 0 Å². The summed E-state index contributed by atoms with van der Waals surface area (Å²) in [7, 11) is 0. The van der Waals surface area contributed by atoms with E-state index >= 15 is 0 Å². The Hall–Kier alpha value is -0.770. The molecule has 1 fully saturated rings. The maximum Gasteiger partial charge on any atom is 0.306 e. The minimum Gasteiger partial charge on any atom is -0.466 e. The third kappa shape index (κ3) is 7.13. The van der Waals surface area contributed by atoms with E-state index in [9.17, 15) is 9.59 Å². The lowest BCUT2D eigenvalue weighted by molar-refractivity contribution is -0.144. The fraction of sp³-hybridized carbons (Fsp3) is 0.867. The molecule has 0 spiro atoms. The molecule has 0 aromatic carbocycles. The van der Waals surface area contributed by atoms with Gasteiger partial charge in [-0.25, -0.2) is 0 Å². The molecule has 0 atom stereocenters. The molecule has 5 heteroatoms. The van der Waals surface area contributed by atoms with Crippen molar-refractivity contribution < 1.29 is 14.3 Å². The number of hydrogen-bond acceptors (Lipinski definition) is 3. The SMILES string of the molecule is CCOC(=O)C[C@H]1CC[C@H](NC(=O)CCCCCl)CC1. The Morgan fingerprint density at radius 3 is 2.50 bits per heavy atom. The summed E-state index contributed by atoms with van der Waals surface area (Å²) in [4.78, 5) is 23.1. The molecule has 0 aromatic rings. The van der Waals surface area contributed by atoms with Crippen LogP contribution < -0.4 is 5.32 Å². The van der Waals surface area contributed by atoms with Crippen molar-refractivity contribution in [2.24, 2.45) is 5.92 Å². The van der Waals surface area contributed by atoms with Crippen LogP contribution in [0.25, 0.3) is 0 Å². The van der Waals surface area contributed by atoms with Crippen LogP contribution in [0.1, 0.15) is 58.3 Å². The second-order valence-electron chi connectivity index (χ2n) is 5.44. The van der Waals surface area contributed by atoms with E-state index in [0.29, 0.717) is 31.2 Å². The monoisotopic (exact) mass is 303 g/mol. The van der Waals surface area contributed by atoms with Crippen molar-refractivity contribution in [2.45, 2.75) is 64.3 Å². The van der Waals surface area contributed by atoms with E-state index in [0.717, 1.165) is 38.5 Å². The van der Waals surface area contributed by atoms with Crippen LogP contribution >= 0.6 is 11.6 Å². The largest absolute Gasteiger partial charge is 0.466 e. The van der Waals surface area contributed by atoms with Crippen LogP contribution in [0.4, 0.5) is 0 Å². The van der Waals surface area contributed by atoms with E-state index in [1.165, 1.54) is 0 Å². The van der Waals surface area contributed by atoms with Crippen LogP contribution in [-0.4, -0.2) is 30.4 Å². The first kappa shape index (κ1) is 17.3. The summed E-state index contributed by atoms with van der Waals surface area (Å²) in [5.41, 5.74) is 0. The van der Waals surface area contributed by atoms with Crippen LogP contribution in [-0.2, 0) is 14.3 Å². The van der Waals surface area contributed by atoms with E-state index in [-0.39, 0.29) is 17.9 Å². The lowest BCUT2D eigenvalue weighted by atomic mass is 9.84. The van der Waals surface area contributed by atoms with Crippen molar-refractivity contribution in [1.82, 2.24) is 5.32 Å². The van der Waals surface area contributed by atoms with Crippen LogP contribution in [0, 0.1) is 5.92 Å². The number of esters is 1. The van der Waals surface area contributed by atoms with Gasteiger partial charge in [-0.1, -0.05) is 0 Å². The zero-order valence-electron chi connectivity index (χ0n) is 12.3. The Kier molecular flexibility index (Phi) is 8.67. The van der Waals surface area contributed by atoms with Gasteiger partial charge in [0.25, 0.3) is 0 Å². The molecule has 0 bridgehead atoms. The Labute approximate surface area is 126 Å². The summed E-state index contributed by atoms with van der Waals surface area (Å²) >= 11 is 5.59. The van der Waals surface area contributed by atoms with E-state index < -0.39 is 0 Å². The van der Waals surface area contributed by atoms with Gasteiger partial charge in [0, 0.05) is 24.8 Å². The van der Waals surface area contributed by atoms with Gasteiger partial charge in [0.1, 0.15) is 0 Å². The van der Waals surface area contributed by atoms with Gasteiger partial charge < -0.3 is 10.1 Å². The number of rotatable bonds is 8. The minimum atomic E-state index is -0.0962. The number of ether oxygens (including phenoxy) is 1. The molecule has 1 rings (SSSR count). The fourth-order valence-electron chi connectivity index (χ4n) is 2.65. The van der Waals surface area contributed by atoms with Gasteiger partial charge in [0.15, 0.2) is 0 Å². The van der Waals surface area contributed by atoms with E-state index in [2.05, 4.69) is 5.32 Å². The predicted octanol–water partition coefficient (Wildman–Crippen LogP) is 3.02. The lowest BCUT2D eigenvalue weighted by Crippen LogP contribution is -2.37. The van der Waals surface area contributed by atoms with Gasteiger partial charge in [-0.05, 0) is 51.4 Å². The molecule has 4 nitrogen and oxygen atoms in total. The molecule has 20 heavy (non-hydrogen) atoms. The van der Waals surface area contributed by atoms with Gasteiger partial charge >= 0.3 is 5.97 Å². The highest BCUT2D eigenvalue weighted by atomic mass is 35.5. The highest BCUT2D eigenvalue weighted by Crippen LogP contribution is 2.27. The zero-order valence-corrected chi connectivity index (χ0v) is 13.1. The molecule has 1 aliphatic rings. The first-order chi connectivity index (χ1) is 9.65. The molecule has 0 saturated heterocycles. The summed E-state index contributed by atoms with van der Waals surface area (Å²) in [5.74, 6) is 1.06. The quantitative estimate of drug-likeness (QED) is 0.426. The van der Waals surface area contributed by atoms with Crippen molar-refractivity contribution in [3.8, 4) is 0 Å². The maximum atomic E-state index is 11.7. The molecule has 1 N–H and O–H groups in total. The lowest BCUT2D eigenvalue weighted by Gasteiger charge is -2.28. The highest BCUT2D eigenvalue weighted by molar-refractivity contribution is 6.17. The molecule has 0 aromatic heterocycles. The maximum absolute atomic E-state index is 11.7. The Morgan fingerprint density at radius 1 is 1.20 bits per heavy atom. The van der Waals surface area contributed by atoms with Crippen molar-refractivity contribution in [1.29, 1.82) is 0 Å². The van der Waals surface area contributed by atoms with Crippen LogP contribution in [0.2, 0.25) is 0 Å². The second kappa shape index (κ2) is 10.0. The average Bonchev–Trinajstić information content (AvgIpc) is 2.41. The normalized spacial score (nSPS) is 22.3. The first-order valence-electron chi connectivity index (χ1n) is 7.66. The topological polar surface area (TPSA) is 55.4 Å². The van der Waals surface area contributed by atoms with Crippen molar-refractivity contribution in [3.05, 3.63) is 0 Å². The fourth-order valence-corrected chi connectivity index (χ4v) is 2.84. The summed E-state index contributed by atoms with van der Waals surface area (Å²) in [5, 5.41) is 3.08. The summed E-state index contributed by atoms with van der Waals surface area (Å²) < 4.78 is 4.97. The number of carbonyl (C=O) groups is 2. The van der Waals surface area contributed by atoms with Crippen molar-refractivity contribution in [3.63, 3.8) is 0 Å². The Morgan fingerprint density at radius 2 is 1.90 bits per heavy atom. The molecule has 1 saturated carbocycles. The van der Waals surface area contributed by atoms with E-state index in [4.69, 9.17) is 16.3 Å². The number of alkyl halides is 1. The highest BCUT2D eigenvalue weighted by Gasteiger charge is 2.24. The molecule has 0 radical (unpaired) electrons. The smallest absolute Gasteiger partial charge is 0.306 e. The standard InChI is InChI=1S/C15H26ClNO3/c1-2-20-15(19)11-12-6-8-13(9-7-12)17-14(18)5-3-4-10-16/h12-13H,2-11H2,1H3,(H,17,18)/t12-,13-. The van der Waals surface area contributed by atoms with Gasteiger partial charge in [0.2, 0.25) is 5.91 Å². The molecule has 0 heterocycles. The number of unbranched alkanes of at least 4 members (excludes halogenated alkanes) is 1. The molecular weight excluding hydrogens is 278 g/mol. The van der Waals surface area contributed by atoms with Gasteiger partial charge in [0.05, 0.1) is 6.61 Å². The summed E-state index contributed by atoms with van der Waals surface area (Å²) in [6.45, 7) is 2.28.